The fraction of sp³-hybridized carbons (Fsp3) is 0.933. The van der Waals surface area contributed by atoms with Crippen LogP contribution in [-0.2, 0) is 4.79 Å². The Labute approximate surface area is 118 Å². The van der Waals surface area contributed by atoms with E-state index in [1.807, 2.05) is 6.92 Å². The summed E-state index contributed by atoms with van der Waals surface area (Å²) >= 11 is 0. The van der Waals surface area contributed by atoms with Gasteiger partial charge in [0.1, 0.15) is 0 Å². The lowest BCUT2D eigenvalue weighted by Gasteiger charge is -2.21. The van der Waals surface area contributed by atoms with Crippen LogP contribution in [0.15, 0.2) is 0 Å². The Balaban J connectivity index is 2.20. The summed E-state index contributed by atoms with van der Waals surface area (Å²) in [4.78, 5) is 14.4. The fourth-order valence-electron chi connectivity index (χ4n) is 2.39. The molecule has 1 heterocycles. The van der Waals surface area contributed by atoms with Crippen molar-refractivity contribution in [3.63, 3.8) is 0 Å². The second-order valence-corrected chi connectivity index (χ2v) is 6.51. The van der Waals surface area contributed by atoms with E-state index in [0.29, 0.717) is 17.9 Å². The fourth-order valence-corrected chi connectivity index (χ4v) is 2.39. The number of hydrogen-bond acceptors (Lipinski definition) is 3. The van der Waals surface area contributed by atoms with E-state index in [1.165, 1.54) is 13.0 Å². The summed E-state index contributed by atoms with van der Waals surface area (Å²) in [6.45, 7) is 14.7. The minimum atomic E-state index is -0.0909. The molecule has 1 aliphatic heterocycles. The van der Waals surface area contributed by atoms with Crippen molar-refractivity contribution in [2.24, 2.45) is 11.8 Å². The average molecular weight is 269 g/mol. The maximum Gasteiger partial charge on any atom is 0.236 e. The van der Waals surface area contributed by atoms with Gasteiger partial charge in [0, 0.05) is 19.1 Å². The Morgan fingerprint density at radius 2 is 1.95 bits per heavy atom. The van der Waals surface area contributed by atoms with Gasteiger partial charge in [-0.1, -0.05) is 13.8 Å². The molecule has 1 fully saturated rings. The zero-order chi connectivity index (χ0) is 14.4. The van der Waals surface area contributed by atoms with Crippen LogP contribution < -0.4 is 10.6 Å². The Hall–Kier alpha value is -0.610. The van der Waals surface area contributed by atoms with Crippen molar-refractivity contribution in [3.8, 4) is 0 Å². The van der Waals surface area contributed by atoms with Crippen molar-refractivity contribution in [2.75, 3.05) is 26.2 Å². The maximum atomic E-state index is 11.8. The average Bonchev–Trinajstić information content (AvgIpc) is 2.81. The molecule has 4 nitrogen and oxygen atoms in total. The predicted molar refractivity (Wildman–Crippen MR) is 80.1 cm³/mol. The second kappa shape index (κ2) is 7.85. The third kappa shape index (κ3) is 5.91. The predicted octanol–water partition coefficient (Wildman–Crippen LogP) is 1.47. The smallest absolute Gasteiger partial charge is 0.236 e. The molecule has 0 aliphatic carbocycles. The molecule has 1 aliphatic rings. The first kappa shape index (κ1) is 16.4. The van der Waals surface area contributed by atoms with Crippen LogP contribution >= 0.6 is 0 Å². The van der Waals surface area contributed by atoms with Gasteiger partial charge in [0.2, 0.25) is 5.91 Å². The van der Waals surface area contributed by atoms with E-state index in [1.54, 1.807) is 0 Å². The summed E-state index contributed by atoms with van der Waals surface area (Å²) in [5.41, 5.74) is 0. The zero-order valence-electron chi connectivity index (χ0n) is 13.2. The summed E-state index contributed by atoms with van der Waals surface area (Å²) in [5.74, 6) is 1.31. The molecular formula is C15H31N3O. The first-order valence-corrected chi connectivity index (χ1v) is 7.65. The highest BCUT2D eigenvalue weighted by Gasteiger charge is 2.24. The first-order valence-electron chi connectivity index (χ1n) is 7.65. The van der Waals surface area contributed by atoms with E-state index in [-0.39, 0.29) is 11.9 Å². The van der Waals surface area contributed by atoms with E-state index in [9.17, 15) is 4.79 Å². The molecule has 0 aromatic carbocycles. The maximum absolute atomic E-state index is 11.8. The van der Waals surface area contributed by atoms with Crippen LogP contribution in [0.1, 0.15) is 41.0 Å². The number of nitrogens with zero attached hydrogens (tertiary/aromatic N) is 1. The number of nitrogens with one attached hydrogen (secondary N) is 2. The van der Waals surface area contributed by atoms with Gasteiger partial charge < -0.3 is 15.5 Å². The molecule has 2 unspecified atom stereocenters. The van der Waals surface area contributed by atoms with Gasteiger partial charge in [-0.2, -0.15) is 0 Å². The first-order chi connectivity index (χ1) is 8.90. The van der Waals surface area contributed by atoms with Crippen LogP contribution in [0, 0.1) is 11.8 Å². The highest BCUT2D eigenvalue weighted by Crippen LogP contribution is 2.17. The summed E-state index contributed by atoms with van der Waals surface area (Å²) < 4.78 is 0. The van der Waals surface area contributed by atoms with Crippen LogP contribution in [-0.4, -0.2) is 49.1 Å². The van der Waals surface area contributed by atoms with E-state index in [4.69, 9.17) is 0 Å². The number of carbonyl (C=O) groups excluding carboxylic acids is 1. The molecule has 112 valence electrons. The van der Waals surface area contributed by atoms with Gasteiger partial charge in [-0.05, 0) is 52.1 Å². The van der Waals surface area contributed by atoms with Gasteiger partial charge in [-0.15, -0.1) is 0 Å². The number of carbonyl (C=O) groups is 1. The van der Waals surface area contributed by atoms with Crippen LogP contribution in [0.3, 0.4) is 0 Å². The third-order valence-electron chi connectivity index (χ3n) is 3.84. The quantitative estimate of drug-likeness (QED) is 0.735. The summed E-state index contributed by atoms with van der Waals surface area (Å²) in [7, 11) is 0. The zero-order valence-corrected chi connectivity index (χ0v) is 13.2. The van der Waals surface area contributed by atoms with E-state index >= 15 is 0 Å². The lowest BCUT2D eigenvalue weighted by atomic mass is 10.1. The minimum absolute atomic E-state index is 0.0909. The molecule has 0 saturated carbocycles. The van der Waals surface area contributed by atoms with Gasteiger partial charge in [-0.25, -0.2) is 0 Å². The Kier molecular flexibility index (Phi) is 6.80. The van der Waals surface area contributed by atoms with Crippen LogP contribution in [0.2, 0.25) is 0 Å². The minimum Gasteiger partial charge on any atom is -0.354 e. The van der Waals surface area contributed by atoms with Crippen molar-refractivity contribution < 1.29 is 4.79 Å². The number of hydrogen-bond donors (Lipinski definition) is 2. The van der Waals surface area contributed by atoms with Crippen LogP contribution in [0.4, 0.5) is 0 Å². The monoisotopic (exact) mass is 269 g/mol. The van der Waals surface area contributed by atoms with Gasteiger partial charge in [-0.3, -0.25) is 4.79 Å². The standard InChI is InChI=1S/C15H31N3O/c1-11(2)8-17-15(19)13(5)16-9-14-6-7-18(10-14)12(3)4/h11-14,16H,6-10H2,1-5H3,(H,17,19). The largest absolute Gasteiger partial charge is 0.354 e. The van der Waals surface area contributed by atoms with Crippen molar-refractivity contribution in [1.82, 2.24) is 15.5 Å². The summed E-state index contributed by atoms with van der Waals surface area (Å²) in [5, 5.41) is 6.34. The molecule has 0 radical (unpaired) electrons. The lowest BCUT2D eigenvalue weighted by Crippen LogP contribution is -2.45. The SMILES string of the molecule is CC(C)CNC(=O)C(C)NCC1CCN(C(C)C)C1. The van der Waals surface area contributed by atoms with E-state index in [2.05, 4.69) is 43.2 Å². The van der Waals surface area contributed by atoms with Crippen molar-refractivity contribution in [2.45, 2.75) is 53.1 Å². The van der Waals surface area contributed by atoms with E-state index in [0.717, 1.165) is 19.6 Å². The van der Waals surface area contributed by atoms with E-state index < -0.39 is 0 Å². The molecule has 1 rings (SSSR count). The highest BCUT2D eigenvalue weighted by atomic mass is 16.2. The summed E-state index contributed by atoms with van der Waals surface area (Å²) in [6, 6.07) is 0.545. The molecule has 0 aromatic heterocycles. The normalized spacial score (nSPS) is 22.2. The molecule has 4 heteroatoms. The van der Waals surface area contributed by atoms with Crippen molar-refractivity contribution >= 4 is 5.91 Å². The van der Waals surface area contributed by atoms with Crippen LogP contribution in [0.5, 0.6) is 0 Å². The number of likely N-dealkylation sites (tertiary alicyclic amines) is 1. The molecule has 19 heavy (non-hydrogen) atoms. The molecule has 2 atom stereocenters. The highest BCUT2D eigenvalue weighted by molar-refractivity contribution is 5.81. The molecule has 2 N–H and O–H groups in total. The topological polar surface area (TPSA) is 44.4 Å². The Morgan fingerprint density at radius 3 is 2.47 bits per heavy atom. The van der Waals surface area contributed by atoms with Crippen molar-refractivity contribution in [1.29, 1.82) is 0 Å². The van der Waals surface area contributed by atoms with Gasteiger partial charge in [0.05, 0.1) is 6.04 Å². The Bertz CT molecular complexity index is 279. The molecular weight excluding hydrogens is 238 g/mol. The molecule has 0 aromatic rings. The molecule has 0 spiro atoms. The summed E-state index contributed by atoms with van der Waals surface area (Å²) in [6.07, 6.45) is 1.24. The molecule has 1 amide bonds. The second-order valence-electron chi connectivity index (χ2n) is 6.51. The Morgan fingerprint density at radius 1 is 1.26 bits per heavy atom. The number of amides is 1. The van der Waals surface area contributed by atoms with Gasteiger partial charge in [0.25, 0.3) is 0 Å². The van der Waals surface area contributed by atoms with Gasteiger partial charge in [0.15, 0.2) is 0 Å². The molecule has 0 bridgehead atoms. The lowest BCUT2D eigenvalue weighted by molar-refractivity contribution is -0.122. The third-order valence-corrected chi connectivity index (χ3v) is 3.84. The molecule has 1 saturated heterocycles. The van der Waals surface area contributed by atoms with Gasteiger partial charge >= 0.3 is 0 Å². The number of rotatable bonds is 7. The van der Waals surface area contributed by atoms with Crippen LogP contribution in [0.25, 0.3) is 0 Å². The van der Waals surface area contributed by atoms with Crippen molar-refractivity contribution in [3.05, 3.63) is 0 Å².